The number of halogens is 1. The highest BCUT2D eigenvalue weighted by molar-refractivity contribution is 7.91. The lowest BCUT2D eigenvalue weighted by molar-refractivity contribution is 0.589. The third kappa shape index (κ3) is 3.90. The Morgan fingerprint density at radius 2 is 1.88 bits per heavy atom. The summed E-state index contributed by atoms with van der Waals surface area (Å²) in [6.45, 7) is 3.47. The summed E-state index contributed by atoms with van der Waals surface area (Å²) in [5.74, 6) is -0.336. The predicted molar refractivity (Wildman–Crippen MR) is 61.6 cm³/mol. The van der Waals surface area contributed by atoms with Gasteiger partial charge in [-0.05, 0) is 43.8 Å². The van der Waals surface area contributed by atoms with Crippen LogP contribution in [0.4, 0.5) is 4.39 Å². The Bertz CT molecular complexity index is 414. The van der Waals surface area contributed by atoms with Crippen LogP contribution in [-0.2, 0) is 9.84 Å². The Kier molecular flexibility index (Phi) is 4.89. The second-order valence-electron chi connectivity index (χ2n) is 3.48. The fourth-order valence-corrected chi connectivity index (χ4v) is 2.63. The Hall–Kier alpha value is -0.940. The molecule has 1 aromatic carbocycles. The molecule has 0 unspecified atom stereocenters. The molecule has 0 radical (unpaired) electrons. The molecule has 0 fully saturated rings. The summed E-state index contributed by atoms with van der Waals surface area (Å²) >= 11 is 0. The van der Waals surface area contributed by atoms with E-state index in [9.17, 15) is 12.8 Å². The summed E-state index contributed by atoms with van der Waals surface area (Å²) < 4.78 is 36.1. The molecule has 0 aliphatic heterocycles. The van der Waals surface area contributed by atoms with Gasteiger partial charge in [-0.1, -0.05) is 6.92 Å². The molecule has 1 aromatic rings. The topological polar surface area (TPSA) is 46.2 Å². The third-order valence-electron chi connectivity index (χ3n) is 2.19. The molecule has 0 atom stereocenters. The lowest BCUT2D eigenvalue weighted by Gasteiger charge is -2.04. The van der Waals surface area contributed by atoms with Crippen molar-refractivity contribution in [3.05, 3.63) is 30.1 Å². The van der Waals surface area contributed by atoms with Crippen LogP contribution in [0.25, 0.3) is 0 Å². The van der Waals surface area contributed by atoms with Crippen molar-refractivity contribution in [3.8, 4) is 0 Å². The molecule has 1 rings (SSSR count). The first-order chi connectivity index (χ1) is 7.56. The van der Waals surface area contributed by atoms with E-state index in [0.29, 0.717) is 13.0 Å². The maximum absolute atomic E-state index is 12.6. The average molecular weight is 245 g/mol. The van der Waals surface area contributed by atoms with Gasteiger partial charge in [-0.3, -0.25) is 0 Å². The number of hydrogen-bond acceptors (Lipinski definition) is 3. The highest BCUT2D eigenvalue weighted by Crippen LogP contribution is 2.12. The summed E-state index contributed by atoms with van der Waals surface area (Å²) in [7, 11) is -3.26. The van der Waals surface area contributed by atoms with Crippen molar-refractivity contribution in [1.29, 1.82) is 0 Å². The van der Waals surface area contributed by atoms with Crippen molar-refractivity contribution < 1.29 is 12.8 Å². The third-order valence-corrected chi connectivity index (χ3v) is 4.01. The molecule has 0 aliphatic rings. The lowest BCUT2D eigenvalue weighted by atomic mass is 10.4. The highest BCUT2D eigenvalue weighted by Gasteiger charge is 2.13. The van der Waals surface area contributed by atoms with Gasteiger partial charge in [-0.15, -0.1) is 0 Å². The van der Waals surface area contributed by atoms with Crippen molar-refractivity contribution in [3.63, 3.8) is 0 Å². The zero-order chi connectivity index (χ0) is 12.0. The maximum Gasteiger partial charge on any atom is 0.178 e. The van der Waals surface area contributed by atoms with E-state index < -0.39 is 15.7 Å². The van der Waals surface area contributed by atoms with Crippen molar-refractivity contribution in [2.24, 2.45) is 0 Å². The van der Waals surface area contributed by atoms with Gasteiger partial charge in [0.1, 0.15) is 5.82 Å². The smallest absolute Gasteiger partial charge is 0.178 e. The molecule has 0 amide bonds. The van der Waals surface area contributed by atoms with E-state index in [-0.39, 0.29) is 10.6 Å². The molecule has 0 aromatic heterocycles. The standard InChI is InChI=1S/C11H16FNO2S/c1-2-13-8-3-9-16(14,15)11-6-4-10(12)5-7-11/h4-7,13H,2-3,8-9H2,1H3. The minimum Gasteiger partial charge on any atom is -0.317 e. The monoisotopic (exact) mass is 245 g/mol. The van der Waals surface area contributed by atoms with Gasteiger partial charge in [0.2, 0.25) is 0 Å². The van der Waals surface area contributed by atoms with Gasteiger partial charge in [0.05, 0.1) is 10.6 Å². The maximum atomic E-state index is 12.6. The SMILES string of the molecule is CCNCCCS(=O)(=O)c1ccc(F)cc1. The van der Waals surface area contributed by atoms with Crippen LogP contribution in [0.2, 0.25) is 0 Å². The fraction of sp³-hybridized carbons (Fsp3) is 0.455. The molecule has 90 valence electrons. The van der Waals surface area contributed by atoms with E-state index in [1.165, 1.54) is 12.1 Å². The van der Waals surface area contributed by atoms with E-state index >= 15 is 0 Å². The van der Waals surface area contributed by atoms with Crippen LogP contribution >= 0.6 is 0 Å². The van der Waals surface area contributed by atoms with E-state index in [1.807, 2.05) is 6.92 Å². The Morgan fingerprint density at radius 3 is 2.44 bits per heavy atom. The van der Waals surface area contributed by atoms with Crippen molar-refractivity contribution in [2.45, 2.75) is 18.2 Å². The van der Waals surface area contributed by atoms with E-state index in [4.69, 9.17) is 0 Å². The minimum absolute atomic E-state index is 0.0889. The fourth-order valence-electron chi connectivity index (χ4n) is 1.32. The molecular weight excluding hydrogens is 229 g/mol. The molecule has 1 N–H and O–H groups in total. The Labute approximate surface area is 95.6 Å². The first-order valence-electron chi connectivity index (χ1n) is 5.25. The lowest BCUT2D eigenvalue weighted by Crippen LogP contribution is -2.18. The van der Waals surface area contributed by atoms with Gasteiger partial charge in [0.15, 0.2) is 9.84 Å². The van der Waals surface area contributed by atoms with E-state index in [0.717, 1.165) is 18.7 Å². The number of rotatable bonds is 6. The molecule has 16 heavy (non-hydrogen) atoms. The van der Waals surface area contributed by atoms with Crippen LogP contribution in [-0.4, -0.2) is 27.3 Å². The van der Waals surface area contributed by atoms with Crippen molar-refractivity contribution in [1.82, 2.24) is 5.32 Å². The average Bonchev–Trinajstić information content (AvgIpc) is 2.25. The second kappa shape index (κ2) is 5.96. The zero-order valence-electron chi connectivity index (χ0n) is 9.24. The van der Waals surface area contributed by atoms with Crippen LogP contribution < -0.4 is 5.32 Å². The second-order valence-corrected chi connectivity index (χ2v) is 5.59. The minimum atomic E-state index is -3.26. The summed E-state index contributed by atoms with van der Waals surface area (Å²) in [5, 5.41) is 3.06. The van der Waals surface area contributed by atoms with Crippen LogP contribution in [0, 0.1) is 5.82 Å². The zero-order valence-corrected chi connectivity index (χ0v) is 10.1. The normalized spacial score (nSPS) is 11.6. The van der Waals surface area contributed by atoms with Crippen molar-refractivity contribution >= 4 is 9.84 Å². The molecule has 0 spiro atoms. The first kappa shape index (κ1) is 13.1. The molecule has 0 saturated carbocycles. The largest absolute Gasteiger partial charge is 0.317 e. The summed E-state index contributed by atoms with van der Waals surface area (Å²) in [6, 6.07) is 4.93. The molecule has 0 bridgehead atoms. The van der Waals surface area contributed by atoms with Crippen LogP contribution in [0.3, 0.4) is 0 Å². The molecule has 0 aliphatic carbocycles. The number of hydrogen-bond donors (Lipinski definition) is 1. The molecule has 0 heterocycles. The Balaban J connectivity index is 2.60. The number of nitrogens with one attached hydrogen (secondary N) is 1. The molecular formula is C11H16FNO2S. The summed E-state index contributed by atoms with van der Waals surface area (Å²) in [4.78, 5) is 0.186. The molecule has 5 heteroatoms. The van der Waals surface area contributed by atoms with Gasteiger partial charge >= 0.3 is 0 Å². The van der Waals surface area contributed by atoms with Gasteiger partial charge in [0, 0.05) is 0 Å². The first-order valence-corrected chi connectivity index (χ1v) is 6.90. The van der Waals surface area contributed by atoms with Gasteiger partial charge < -0.3 is 5.32 Å². The van der Waals surface area contributed by atoms with Crippen LogP contribution in [0.15, 0.2) is 29.2 Å². The van der Waals surface area contributed by atoms with Crippen LogP contribution in [0.5, 0.6) is 0 Å². The molecule has 0 saturated heterocycles. The number of sulfone groups is 1. The molecule has 3 nitrogen and oxygen atoms in total. The highest BCUT2D eigenvalue weighted by atomic mass is 32.2. The van der Waals surface area contributed by atoms with Crippen molar-refractivity contribution in [2.75, 3.05) is 18.8 Å². The Morgan fingerprint density at radius 1 is 1.25 bits per heavy atom. The van der Waals surface area contributed by atoms with Gasteiger partial charge in [-0.25, -0.2) is 12.8 Å². The van der Waals surface area contributed by atoms with Gasteiger partial charge in [0.25, 0.3) is 0 Å². The van der Waals surface area contributed by atoms with Crippen LogP contribution in [0.1, 0.15) is 13.3 Å². The van der Waals surface area contributed by atoms with Gasteiger partial charge in [-0.2, -0.15) is 0 Å². The predicted octanol–water partition coefficient (Wildman–Crippen LogP) is 1.60. The quantitative estimate of drug-likeness (QED) is 0.611. The number of benzene rings is 1. The van der Waals surface area contributed by atoms with E-state index in [1.54, 1.807) is 0 Å². The summed E-state index contributed by atoms with van der Waals surface area (Å²) in [5.41, 5.74) is 0. The summed E-state index contributed by atoms with van der Waals surface area (Å²) in [6.07, 6.45) is 0.563. The van der Waals surface area contributed by atoms with E-state index in [2.05, 4.69) is 5.32 Å².